The van der Waals surface area contributed by atoms with Crippen molar-refractivity contribution in [2.75, 3.05) is 4.90 Å². The average molecular weight is 811 g/mol. The lowest BCUT2D eigenvalue weighted by atomic mass is 9.82. The van der Waals surface area contributed by atoms with Crippen LogP contribution in [0.15, 0.2) is 207 Å². The Bertz CT molecular complexity index is 3400. The SMILES string of the molecule is C=CC.CC1(C)c2ccccc2-c2ccc(N(c3ccc(-c4ccccc4)cc3)c3cc4c(c5ccccc35)c3cc5c(cc3n4-c3ccccc3)C(C)(C)c3ccccc3-5)cc21. The number of allylic oxidation sites excluding steroid dienone is 1. The van der Waals surface area contributed by atoms with Crippen LogP contribution in [0.1, 0.15) is 56.9 Å². The summed E-state index contributed by atoms with van der Waals surface area (Å²) in [4.78, 5) is 2.50. The lowest BCUT2D eigenvalue weighted by Gasteiger charge is -2.29. The number of para-hydroxylation sites is 1. The van der Waals surface area contributed by atoms with Crippen molar-refractivity contribution in [3.63, 3.8) is 0 Å². The zero-order chi connectivity index (χ0) is 43.0. The molecule has 0 radical (unpaired) electrons. The second-order valence-corrected chi connectivity index (χ2v) is 18.1. The topological polar surface area (TPSA) is 8.17 Å². The first kappa shape index (κ1) is 38.5. The summed E-state index contributed by atoms with van der Waals surface area (Å²) in [6.07, 6.45) is 1.75. The summed E-state index contributed by atoms with van der Waals surface area (Å²) in [6, 6.07) is 72.3. The number of rotatable bonds is 5. The summed E-state index contributed by atoms with van der Waals surface area (Å²) in [5, 5.41) is 5.02. The van der Waals surface area contributed by atoms with Crippen LogP contribution < -0.4 is 4.90 Å². The van der Waals surface area contributed by atoms with Crippen LogP contribution in [0.4, 0.5) is 17.1 Å². The van der Waals surface area contributed by atoms with E-state index in [-0.39, 0.29) is 10.8 Å². The van der Waals surface area contributed by atoms with Gasteiger partial charge in [-0.2, -0.15) is 0 Å². The van der Waals surface area contributed by atoms with Gasteiger partial charge in [0.1, 0.15) is 0 Å². The fraction of sp³-hybridized carbons (Fsp3) is 0.115. The summed E-state index contributed by atoms with van der Waals surface area (Å²) in [7, 11) is 0. The van der Waals surface area contributed by atoms with E-state index in [9.17, 15) is 0 Å². The van der Waals surface area contributed by atoms with E-state index in [1.54, 1.807) is 6.08 Å². The molecule has 2 nitrogen and oxygen atoms in total. The molecule has 0 saturated heterocycles. The Labute approximate surface area is 371 Å². The first-order valence-corrected chi connectivity index (χ1v) is 22.2. The molecule has 2 aliphatic rings. The first-order valence-electron chi connectivity index (χ1n) is 22.2. The number of benzene rings is 9. The normalized spacial score (nSPS) is 13.8. The molecular formula is C61H50N2. The second-order valence-electron chi connectivity index (χ2n) is 18.1. The number of hydrogen-bond acceptors (Lipinski definition) is 1. The quantitative estimate of drug-likeness (QED) is 0.157. The molecule has 0 spiro atoms. The standard InChI is InChI=1S/C58H44N2.C3H6/c1-57(2)49-25-15-13-21-42(49)44-32-31-41(33-51(44)57)59(40-29-27-38(28-30-40)37-17-7-5-8-18-37)54-36-55-56(46-24-12-11-23-45(46)54)48-34-47-43-22-14-16-26-50(43)58(3,4)52(47)35-53(48)60(55)39-19-9-6-10-20-39;1-3-2/h5-36H,1-4H3;3H,1H2,2H3. The van der Waals surface area contributed by atoms with Crippen molar-refractivity contribution in [1.82, 2.24) is 4.57 Å². The molecule has 0 bridgehead atoms. The highest BCUT2D eigenvalue weighted by molar-refractivity contribution is 6.25. The van der Waals surface area contributed by atoms with Crippen LogP contribution in [-0.4, -0.2) is 4.57 Å². The van der Waals surface area contributed by atoms with Gasteiger partial charge in [-0.05, 0) is 123 Å². The molecule has 0 N–H and O–H groups in total. The maximum absolute atomic E-state index is 3.36. The van der Waals surface area contributed by atoms with Gasteiger partial charge in [0.25, 0.3) is 0 Å². The Morgan fingerprint density at radius 2 is 0.937 bits per heavy atom. The highest BCUT2D eigenvalue weighted by Crippen LogP contribution is 2.54. The third-order valence-corrected chi connectivity index (χ3v) is 13.8. The first-order chi connectivity index (χ1) is 30.7. The van der Waals surface area contributed by atoms with Gasteiger partial charge < -0.3 is 9.47 Å². The predicted octanol–water partition coefficient (Wildman–Crippen LogP) is 16.9. The molecule has 0 fully saturated rings. The van der Waals surface area contributed by atoms with Crippen LogP contribution in [0.5, 0.6) is 0 Å². The summed E-state index contributed by atoms with van der Waals surface area (Å²) >= 11 is 0. The van der Waals surface area contributed by atoms with Crippen molar-refractivity contribution in [2.24, 2.45) is 0 Å². The van der Waals surface area contributed by atoms with Crippen LogP contribution in [0.3, 0.4) is 0 Å². The zero-order valence-corrected chi connectivity index (χ0v) is 36.7. The van der Waals surface area contributed by atoms with Gasteiger partial charge in [-0.15, -0.1) is 6.58 Å². The Morgan fingerprint density at radius 3 is 1.60 bits per heavy atom. The third kappa shape index (κ3) is 5.85. The Hall–Kier alpha value is -7.42. The van der Waals surface area contributed by atoms with E-state index in [1.807, 2.05) is 6.92 Å². The predicted molar refractivity (Wildman–Crippen MR) is 269 cm³/mol. The molecule has 0 aliphatic heterocycles. The minimum Gasteiger partial charge on any atom is -0.310 e. The number of aromatic nitrogens is 1. The summed E-state index contributed by atoms with van der Waals surface area (Å²) in [5.41, 5.74) is 20.0. The Kier molecular flexibility index (Phi) is 8.92. The molecule has 12 rings (SSSR count). The number of nitrogens with zero attached hydrogens (tertiary/aromatic N) is 2. The Balaban J connectivity index is 0.00000144. The van der Waals surface area contributed by atoms with Crippen molar-refractivity contribution < 1.29 is 0 Å². The molecular weight excluding hydrogens is 761 g/mol. The smallest absolute Gasteiger partial charge is 0.0568 e. The van der Waals surface area contributed by atoms with E-state index in [2.05, 4.69) is 238 Å². The van der Waals surface area contributed by atoms with Crippen molar-refractivity contribution in [3.8, 4) is 39.1 Å². The largest absolute Gasteiger partial charge is 0.310 e. The fourth-order valence-corrected chi connectivity index (χ4v) is 10.8. The van der Waals surface area contributed by atoms with Gasteiger partial charge in [-0.3, -0.25) is 0 Å². The number of anilines is 3. The van der Waals surface area contributed by atoms with E-state index < -0.39 is 0 Å². The van der Waals surface area contributed by atoms with E-state index in [0.717, 1.165) is 22.7 Å². The molecule has 0 atom stereocenters. The molecule has 0 unspecified atom stereocenters. The minimum absolute atomic E-state index is 0.116. The van der Waals surface area contributed by atoms with Crippen molar-refractivity contribution >= 4 is 49.6 Å². The van der Waals surface area contributed by atoms with E-state index in [4.69, 9.17) is 0 Å². The van der Waals surface area contributed by atoms with Crippen molar-refractivity contribution in [1.29, 1.82) is 0 Å². The molecule has 2 heteroatoms. The second kappa shape index (κ2) is 14.6. The van der Waals surface area contributed by atoms with Gasteiger partial charge in [0.2, 0.25) is 0 Å². The number of fused-ring (bicyclic) bond motifs is 11. The minimum atomic E-state index is -0.136. The molecule has 63 heavy (non-hydrogen) atoms. The van der Waals surface area contributed by atoms with E-state index >= 15 is 0 Å². The highest BCUT2D eigenvalue weighted by atomic mass is 15.1. The maximum atomic E-state index is 3.36. The third-order valence-electron chi connectivity index (χ3n) is 13.8. The molecule has 1 aromatic heterocycles. The molecule has 304 valence electrons. The van der Waals surface area contributed by atoms with Crippen LogP contribution in [0, 0.1) is 0 Å². The molecule has 10 aromatic rings. The van der Waals surface area contributed by atoms with Crippen LogP contribution in [0.2, 0.25) is 0 Å². The van der Waals surface area contributed by atoms with Gasteiger partial charge in [-0.1, -0.05) is 173 Å². The van der Waals surface area contributed by atoms with E-state index in [0.29, 0.717) is 0 Å². The lowest BCUT2D eigenvalue weighted by Crippen LogP contribution is -2.16. The van der Waals surface area contributed by atoms with Crippen molar-refractivity contribution in [2.45, 2.75) is 45.4 Å². The molecule has 2 aliphatic carbocycles. The van der Waals surface area contributed by atoms with Gasteiger partial charge >= 0.3 is 0 Å². The molecule has 1 heterocycles. The molecule has 0 saturated carbocycles. The fourth-order valence-electron chi connectivity index (χ4n) is 10.8. The summed E-state index contributed by atoms with van der Waals surface area (Å²) in [5.74, 6) is 0. The Morgan fingerprint density at radius 1 is 0.429 bits per heavy atom. The molecule has 9 aromatic carbocycles. The summed E-state index contributed by atoms with van der Waals surface area (Å²) in [6.45, 7) is 14.8. The van der Waals surface area contributed by atoms with Crippen molar-refractivity contribution in [3.05, 3.63) is 229 Å². The average Bonchev–Trinajstić information content (AvgIpc) is 3.85. The van der Waals surface area contributed by atoms with Crippen LogP contribution in [0.25, 0.3) is 71.6 Å². The van der Waals surface area contributed by atoms with Gasteiger partial charge in [-0.25, -0.2) is 0 Å². The lowest BCUT2D eigenvalue weighted by molar-refractivity contribution is 0.660. The summed E-state index contributed by atoms with van der Waals surface area (Å²) < 4.78 is 2.51. The van der Waals surface area contributed by atoms with Gasteiger partial charge in [0.05, 0.1) is 16.7 Å². The monoisotopic (exact) mass is 810 g/mol. The molecule has 0 amide bonds. The zero-order valence-electron chi connectivity index (χ0n) is 36.7. The maximum Gasteiger partial charge on any atom is 0.0568 e. The van der Waals surface area contributed by atoms with Gasteiger partial charge in [0.15, 0.2) is 0 Å². The highest BCUT2D eigenvalue weighted by Gasteiger charge is 2.38. The van der Waals surface area contributed by atoms with Gasteiger partial charge in [0, 0.05) is 44.1 Å². The van der Waals surface area contributed by atoms with Crippen LogP contribution >= 0.6 is 0 Å². The van der Waals surface area contributed by atoms with Crippen LogP contribution in [-0.2, 0) is 10.8 Å². The van der Waals surface area contributed by atoms with E-state index in [1.165, 1.54) is 88.2 Å². The number of hydrogen-bond donors (Lipinski definition) is 0.